The molecule has 1 fully saturated rings. The van der Waals surface area contributed by atoms with E-state index in [0.717, 1.165) is 37.0 Å². The van der Waals surface area contributed by atoms with Crippen LogP contribution in [-0.2, 0) is 6.54 Å². The molecular formula is C16H23NO2. The molecular weight excluding hydrogens is 238 g/mol. The van der Waals surface area contributed by atoms with Gasteiger partial charge in [-0.05, 0) is 48.9 Å². The van der Waals surface area contributed by atoms with Crippen LogP contribution < -0.4 is 0 Å². The number of benzene rings is 1. The third-order valence-electron chi connectivity index (χ3n) is 3.89. The number of likely N-dealkylation sites (tertiary alicyclic amines) is 1. The molecule has 1 heterocycles. The van der Waals surface area contributed by atoms with Gasteiger partial charge in [0.1, 0.15) is 0 Å². The second kappa shape index (κ2) is 6.20. The summed E-state index contributed by atoms with van der Waals surface area (Å²) in [5.41, 5.74) is 1.48. The van der Waals surface area contributed by atoms with Crippen molar-refractivity contribution in [3.8, 4) is 0 Å². The second-order valence-electron chi connectivity index (χ2n) is 5.98. The molecule has 0 radical (unpaired) electrons. The molecule has 0 saturated carbocycles. The quantitative estimate of drug-likeness (QED) is 0.908. The number of carbonyl (C=O) groups is 1. The molecule has 3 nitrogen and oxygen atoms in total. The molecule has 0 bridgehead atoms. The van der Waals surface area contributed by atoms with E-state index in [1.54, 1.807) is 12.1 Å². The van der Waals surface area contributed by atoms with Crippen LogP contribution in [0.15, 0.2) is 24.3 Å². The van der Waals surface area contributed by atoms with Crippen LogP contribution in [0.2, 0.25) is 0 Å². The van der Waals surface area contributed by atoms with E-state index < -0.39 is 5.97 Å². The first-order valence-electron chi connectivity index (χ1n) is 7.09. The lowest BCUT2D eigenvalue weighted by molar-refractivity contribution is 0.0696. The number of nitrogens with zero attached hydrogens (tertiary/aromatic N) is 1. The van der Waals surface area contributed by atoms with Gasteiger partial charge in [0.05, 0.1) is 5.56 Å². The SMILES string of the molecule is CC1CCN(Cc2cccc(C(=O)O)c2)CC(C)C1. The van der Waals surface area contributed by atoms with Gasteiger partial charge in [-0.15, -0.1) is 0 Å². The molecule has 1 aliphatic rings. The predicted octanol–water partition coefficient (Wildman–Crippen LogP) is 3.25. The number of rotatable bonds is 3. The van der Waals surface area contributed by atoms with Gasteiger partial charge in [0.15, 0.2) is 0 Å². The summed E-state index contributed by atoms with van der Waals surface area (Å²) in [6, 6.07) is 7.30. The van der Waals surface area contributed by atoms with Crippen LogP contribution in [0.5, 0.6) is 0 Å². The van der Waals surface area contributed by atoms with Crippen molar-refractivity contribution in [2.45, 2.75) is 33.2 Å². The van der Waals surface area contributed by atoms with Crippen molar-refractivity contribution in [1.29, 1.82) is 0 Å². The van der Waals surface area contributed by atoms with Crippen molar-refractivity contribution in [3.63, 3.8) is 0 Å². The smallest absolute Gasteiger partial charge is 0.335 e. The summed E-state index contributed by atoms with van der Waals surface area (Å²) in [6.45, 7) is 7.72. The largest absolute Gasteiger partial charge is 0.478 e. The fourth-order valence-corrected chi connectivity index (χ4v) is 3.02. The summed E-state index contributed by atoms with van der Waals surface area (Å²) in [5, 5.41) is 9.02. The third-order valence-corrected chi connectivity index (χ3v) is 3.89. The molecule has 1 aliphatic heterocycles. The summed E-state index contributed by atoms with van der Waals surface area (Å²) in [7, 11) is 0. The molecule has 2 unspecified atom stereocenters. The van der Waals surface area contributed by atoms with Crippen molar-refractivity contribution < 1.29 is 9.90 Å². The van der Waals surface area contributed by atoms with Crippen molar-refractivity contribution in [2.24, 2.45) is 11.8 Å². The number of hydrogen-bond acceptors (Lipinski definition) is 2. The first-order valence-corrected chi connectivity index (χ1v) is 7.09. The summed E-state index contributed by atoms with van der Waals surface area (Å²) in [5.74, 6) is 0.671. The first-order chi connectivity index (χ1) is 9.04. The van der Waals surface area contributed by atoms with E-state index in [9.17, 15) is 4.79 Å². The van der Waals surface area contributed by atoms with Crippen molar-refractivity contribution in [1.82, 2.24) is 4.90 Å². The maximum absolute atomic E-state index is 11.0. The lowest BCUT2D eigenvalue weighted by Gasteiger charge is -2.22. The van der Waals surface area contributed by atoms with E-state index >= 15 is 0 Å². The lowest BCUT2D eigenvalue weighted by atomic mass is 9.97. The summed E-state index contributed by atoms with van der Waals surface area (Å²) in [4.78, 5) is 13.4. The van der Waals surface area contributed by atoms with Crippen LogP contribution in [0.1, 0.15) is 42.6 Å². The molecule has 19 heavy (non-hydrogen) atoms. The number of carboxylic acid groups (broad SMARTS) is 1. The molecule has 1 aromatic rings. The molecule has 104 valence electrons. The maximum atomic E-state index is 11.0. The van der Waals surface area contributed by atoms with Crippen molar-refractivity contribution in [3.05, 3.63) is 35.4 Å². The van der Waals surface area contributed by atoms with E-state index in [0.29, 0.717) is 5.56 Å². The minimum absolute atomic E-state index is 0.383. The molecule has 3 heteroatoms. The lowest BCUT2D eigenvalue weighted by Crippen LogP contribution is -2.27. The molecule has 1 N–H and O–H groups in total. The highest BCUT2D eigenvalue weighted by Crippen LogP contribution is 2.22. The Balaban J connectivity index is 2.03. The highest BCUT2D eigenvalue weighted by atomic mass is 16.4. The highest BCUT2D eigenvalue weighted by Gasteiger charge is 2.19. The van der Waals surface area contributed by atoms with Gasteiger partial charge in [-0.25, -0.2) is 4.79 Å². The van der Waals surface area contributed by atoms with Crippen LogP contribution in [-0.4, -0.2) is 29.1 Å². The van der Waals surface area contributed by atoms with Gasteiger partial charge in [0.2, 0.25) is 0 Å². The van der Waals surface area contributed by atoms with Crippen LogP contribution in [0.25, 0.3) is 0 Å². The highest BCUT2D eigenvalue weighted by molar-refractivity contribution is 5.87. The zero-order chi connectivity index (χ0) is 13.8. The number of hydrogen-bond donors (Lipinski definition) is 1. The molecule has 2 atom stereocenters. The van der Waals surface area contributed by atoms with Crippen molar-refractivity contribution >= 4 is 5.97 Å². The van der Waals surface area contributed by atoms with Gasteiger partial charge >= 0.3 is 5.97 Å². The molecule has 0 aromatic heterocycles. The van der Waals surface area contributed by atoms with E-state index in [-0.39, 0.29) is 0 Å². The Bertz CT molecular complexity index is 444. The molecule has 1 aromatic carbocycles. The second-order valence-corrected chi connectivity index (χ2v) is 5.98. The predicted molar refractivity (Wildman–Crippen MR) is 76.2 cm³/mol. The minimum Gasteiger partial charge on any atom is -0.478 e. The van der Waals surface area contributed by atoms with Gasteiger partial charge in [-0.3, -0.25) is 4.90 Å². The van der Waals surface area contributed by atoms with Gasteiger partial charge in [-0.2, -0.15) is 0 Å². The minimum atomic E-state index is -0.847. The van der Waals surface area contributed by atoms with Crippen LogP contribution in [0, 0.1) is 11.8 Å². The normalized spacial score (nSPS) is 24.9. The van der Waals surface area contributed by atoms with Gasteiger partial charge in [0.25, 0.3) is 0 Å². The standard InChI is InChI=1S/C16H23NO2/c1-12-6-7-17(10-13(2)8-12)11-14-4-3-5-15(9-14)16(18)19/h3-5,9,12-13H,6-8,10-11H2,1-2H3,(H,18,19). The first kappa shape index (κ1) is 14.1. The molecule has 1 saturated heterocycles. The zero-order valence-corrected chi connectivity index (χ0v) is 11.8. The van der Waals surface area contributed by atoms with Gasteiger partial charge in [0, 0.05) is 13.1 Å². The summed E-state index contributed by atoms with van der Waals surface area (Å²) < 4.78 is 0. The topological polar surface area (TPSA) is 40.5 Å². The molecule has 2 rings (SSSR count). The van der Waals surface area contributed by atoms with Gasteiger partial charge < -0.3 is 5.11 Å². The monoisotopic (exact) mass is 261 g/mol. The Morgan fingerprint density at radius 3 is 2.89 bits per heavy atom. The van der Waals surface area contributed by atoms with Crippen LogP contribution in [0.3, 0.4) is 0 Å². The van der Waals surface area contributed by atoms with E-state index in [1.165, 1.54) is 12.8 Å². The summed E-state index contributed by atoms with van der Waals surface area (Å²) in [6.07, 6.45) is 2.54. The van der Waals surface area contributed by atoms with E-state index in [1.807, 2.05) is 12.1 Å². The third kappa shape index (κ3) is 4.06. The van der Waals surface area contributed by atoms with E-state index in [2.05, 4.69) is 18.7 Å². The Morgan fingerprint density at radius 1 is 1.37 bits per heavy atom. The molecule has 0 spiro atoms. The number of carboxylic acids is 1. The zero-order valence-electron chi connectivity index (χ0n) is 11.8. The Labute approximate surface area is 115 Å². The van der Waals surface area contributed by atoms with Crippen LogP contribution >= 0.6 is 0 Å². The average molecular weight is 261 g/mol. The molecule has 0 amide bonds. The number of aromatic carboxylic acids is 1. The summed E-state index contributed by atoms with van der Waals surface area (Å²) >= 11 is 0. The maximum Gasteiger partial charge on any atom is 0.335 e. The molecule has 0 aliphatic carbocycles. The van der Waals surface area contributed by atoms with Crippen molar-refractivity contribution in [2.75, 3.05) is 13.1 Å². The fraction of sp³-hybridized carbons (Fsp3) is 0.562. The Kier molecular flexibility index (Phi) is 4.59. The Morgan fingerprint density at radius 2 is 2.16 bits per heavy atom. The Hall–Kier alpha value is -1.35. The average Bonchev–Trinajstić information content (AvgIpc) is 2.50. The van der Waals surface area contributed by atoms with Crippen LogP contribution in [0.4, 0.5) is 0 Å². The van der Waals surface area contributed by atoms with E-state index in [4.69, 9.17) is 5.11 Å². The van der Waals surface area contributed by atoms with Gasteiger partial charge in [-0.1, -0.05) is 26.0 Å². The fourth-order valence-electron chi connectivity index (χ4n) is 3.02.